The Morgan fingerprint density at radius 1 is 1.37 bits per heavy atom. The predicted molar refractivity (Wildman–Crippen MR) is 76.9 cm³/mol. The van der Waals surface area contributed by atoms with Crippen LogP contribution in [0.4, 0.5) is 5.13 Å². The van der Waals surface area contributed by atoms with E-state index < -0.39 is 5.97 Å². The minimum atomic E-state index is -0.844. The zero-order chi connectivity index (χ0) is 13.7. The van der Waals surface area contributed by atoms with Gasteiger partial charge in [0, 0.05) is 19.0 Å². The van der Waals surface area contributed by atoms with Gasteiger partial charge in [-0.1, -0.05) is 30.3 Å². The van der Waals surface area contributed by atoms with E-state index in [1.807, 2.05) is 30.6 Å². The zero-order valence-electron chi connectivity index (χ0n) is 10.7. The molecule has 0 amide bonds. The lowest BCUT2D eigenvalue weighted by atomic mass is 10.1. The first-order valence-corrected chi connectivity index (χ1v) is 6.94. The van der Waals surface area contributed by atoms with Crippen LogP contribution in [-0.2, 0) is 17.6 Å². The standard InChI is InChI=1S/C14H16N2O2S/c1-16(8-7-11-5-3-2-4-6-11)14-15-12(10-19-14)9-13(17)18/h2-6,10H,7-9H2,1H3,(H,17,18). The zero-order valence-corrected chi connectivity index (χ0v) is 11.6. The Hall–Kier alpha value is -1.88. The normalized spacial score (nSPS) is 10.4. The number of likely N-dealkylation sites (N-methyl/N-ethyl adjacent to an activating group) is 1. The van der Waals surface area contributed by atoms with Crippen LogP contribution in [0.5, 0.6) is 0 Å². The van der Waals surface area contributed by atoms with Crippen LogP contribution >= 0.6 is 11.3 Å². The maximum Gasteiger partial charge on any atom is 0.309 e. The van der Waals surface area contributed by atoms with E-state index in [0.29, 0.717) is 5.69 Å². The Bertz CT molecular complexity index is 539. The van der Waals surface area contributed by atoms with Gasteiger partial charge >= 0.3 is 5.97 Å². The number of carbonyl (C=O) groups is 1. The number of aromatic nitrogens is 1. The van der Waals surface area contributed by atoms with Crippen molar-refractivity contribution in [2.75, 3.05) is 18.5 Å². The largest absolute Gasteiger partial charge is 0.481 e. The van der Waals surface area contributed by atoms with E-state index in [2.05, 4.69) is 22.0 Å². The van der Waals surface area contributed by atoms with E-state index >= 15 is 0 Å². The average molecular weight is 276 g/mol. The molecule has 100 valence electrons. The number of nitrogens with zero attached hydrogens (tertiary/aromatic N) is 2. The number of thiazole rings is 1. The Labute approximate surface area is 116 Å². The van der Waals surface area contributed by atoms with E-state index in [0.717, 1.165) is 18.1 Å². The molecule has 2 aromatic rings. The molecule has 2 rings (SSSR count). The van der Waals surface area contributed by atoms with Crippen molar-refractivity contribution in [1.82, 2.24) is 4.98 Å². The van der Waals surface area contributed by atoms with Gasteiger partial charge in [0.1, 0.15) is 0 Å². The van der Waals surface area contributed by atoms with Gasteiger partial charge in [0.2, 0.25) is 0 Å². The van der Waals surface area contributed by atoms with E-state index in [4.69, 9.17) is 5.11 Å². The van der Waals surface area contributed by atoms with E-state index in [-0.39, 0.29) is 6.42 Å². The van der Waals surface area contributed by atoms with Gasteiger partial charge in [-0.3, -0.25) is 4.79 Å². The quantitative estimate of drug-likeness (QED) is 0.880. The average Bonchev–Trinajstić information content (AvgIpc) is 2.85. The topological polar surface area (TPSA) is 53.4 Å². The summed E-state index contributed by atoms with van der Waals surface area (Å²) >= 11 is 1.49. The van der Waals surface area contributed by atoms with Gasteiger partial charge in [-0.25, -0.2) is 4.98 Å². The van der Waals surface area contributed by atoms with Gasteiger partial charge in [0.05, 0.1) is 12.1 Å². The maximum absolute atomic E-state index is 10.6. The van der Waals surface area contributed by atoms with Gasteiger partial charge in [-0.2, -0.15) is 0 Å². The van der Waals surface area contributed by atoms with Crippen LogP contribution in [0.1, 0.15) is 11.3 Å². The number of hydrogen-bond donors (Lipinski definition) is 1. The highest BCUT2D eigenvalue weighted by Crippen LogP contribution is 2.19. The molecule has 0 atom stereocenters. The number of carboxylic acid groups (broad SMARTS) is 1. The SMILES string of the molecule is CN(CCc1ccccc1)c1nc(CC(=O)O)cs1. The summed E-state index contributed by atoms with van der Waals surface area (Å²) in [5.41, 5.74) is 1.91. The number of benzene rings is 1. The molecule has 0 saturated carbocycles. The summed E-state index contributed by atoms with van der Waals surface area (Å²) in [5.74, 6) is -0.844. The van der Waals surface area contributed by atoms with Crippen molar-refractivity contribution in [3.05, 3.63) is 47.0 Å². The first-order valence-electron chi connectivity index (χ1n) is 6.06. The van der Waals surface area contributed by atoms with E-state index in [1.165, 1.54) is 16.9 Å². The molecular weight excluding hydrogens is 260 g/mol. The lowest BCUT2D eigenvalue weighted by Crippen LogP contribution is -2.20. The molecule has 1 heterocycles. The van der Waals surface area contributed by atoms with Crippen LogP contribution in [0.3, 0.4) is 0 Å². The Morgan fingerprint density at radius 3 is 2.79 bits per heavy atom. The molecule has 0 spiro atoms. The van der Waals surface area contributed by atoms with Crippen LogP contribution in [0.25, 0.3) is 0 Å². The fourth-order valence-corrected chi connectivity index (χ4v) is 2.56. The summed E-state index contributed by atoms with van der Waals surface area (Å²) in [6, 6.07) is 10.3. The van der Waals surface area contributed by atoms with E-state index in [1.54, 1.807) is 0 Å². The van der Waals surface area contributed by atoms with Crippen LogP contribution in [0, 0.1) is 0 Å². The molecule has 19 heavy (non-hydrogen) atoms. The summed E-state index contributed by atoms with van der Waals surface area (Å²) in [7, 11) is 1.98. The molecule has 0 fully saturated rings. The maximum atomic E-state index is 10.6. The van der Waals surface area contributed by atoms with Gasteiger partial charge in [0.15, 0.2) is 5.13 Å². The highest BCUT2D eigenvalue weighted by atomic mass is 32.1. The molecule has 0 aliphatic carbocycles. The smallest absolute Gasteiger partial charge is 0.309 e. The lowest BCUT2D eigenvalue weighted by Gasteiger charge is -2.15. The molecule has 1 aromatic heterocycles. The van der Waals surface area contributed by atoms with Crippen molar-refractivity contribution in [2.45, 2.75) is 12.8 Å². The Morgan fingerprint density at radius 2 is 2.11 bits per heavy atom. The number of rotatable bonds is 6. The van der Waals surface area contributed by atoms with Gasteiger partial charge in [-0.05, 0) is 12.0 Å². The van der Waals surface area contributed by atoms with Crippen molar-refractivity contribution >= 4 is 22.4 Å². The molecule has 0 aliphatic heterocycles. The van der Waals surface area contributed by atoms with Crippen molar-refractivity contribution < 1.29 is 9.90 Å². The van der Waals surface area contributed by atoms with Crippen molar-refractivity contribution in [2.24, 2.45) is 0 Å². The molecule has 0 radical (unpaired) electrons. The first kappa shape index (κ1) is 13.5. The summed E-state index contributed by atoms with van der Waals surface area (Å²) < 4.78 is 0. The highest BCUT2D eigenvalue weighted by Gasteiger charge is 2.09. The Kier molecular flexibility index (Phi) is 4.52. The van der Waals surface area contributed by atoms with Gasteiger partial charge in [-0.15, -0.1) is 11.3 Å². The predicted octanol–water partition coefficient (Wildman–Crippen LogP) is 2.45. The van der Waals surface area contributed by atoms with Gasteiger partial charge < -0.3 is 10.0 Å². The third-order valence-electron chi connectivity index (χ3n) is 2.78. The molecule has 0 bridgehead atoms. The second-order valence-corrected chi connectivity index (χ2v) is 5.19. The Balaban J connectivity index is 1.91. The summed E-state index contributed by atoms with van der Waals surface area (Å²) in [6.45, 7) is 0.865. The minimum absolute atomic E-state index is 0.0109. The lowest BCUT2D eigenvalue weighted by molar-refractivity contribution is -0.136. The van der Waals surface area contributed by atoms with Crippen molar-refractivity contribution in [3.63, 3.8) is 0 Å². The van der Waals surface area contributed by atoms with Gasteiger partial charge in [0.25, 0.3) is 0 Å². The third kappa shape index (κ3) is 4.06. The van der Waals surface area contributed by atoms with Crippen LogP contribution in [-0.4, -0.2) is 29.7 Å². The fourth-order valence-electron chi connectivity index (χ4n) is 1.74. The first-order chi connectivity index (χ1) is 9.15. The third-order valence-corrected chi connectivity index (χ3v) is 3.78. The van der Waals surface area contributed by atoms with Crippen LogP contribution in [0.15, 0.2) is 35.7 Å². The monoisotopic (exact) mass is 276 g/mol. The number of hydrogen-bond acceptors (Lipinski definition) is 4. The molecule has 1 N–H and O–H groups in total. The van der Waals surface area contributed by atoms with Crippen LogP contribution < -0.4 is 4.90 Å². The molecule has 0 aliphatic rings. The van der Waals surface area contributed by atoms with Crippen molar-refractivity contribution in [1.29, 1.82) is 0 Å². The molecule has 5 heteroatoms. The number of anilines is 1. The number of aliphatic carboxylic acids is 1. The second-order valence-electron chi connectivity index (χ2n) is 4.35. The molecular formula is C14H16N2O2S. The minimum Gasteiger partial charge on any atom is -0.481 e. The van der Waals surface area contributed by atoms with E-state index in [9.17, 15) is 4.79 Å². The molecule has 0 saturated heterocycles. The molecule has 1 aromatic carbocycles. The highest BCUT2D eigenvalue weighted by molar-refractivity contribution is 7.13. The molecule has 0 unspecified atom stereocenters. The fraction of sp³-hybridized carbons (Fsp3) is 0.286. The number of carboxylic acids is 1. The second kappa shape index (κ2) is 6.33. The summed E-state index contributed by atoms with van der Waals surface area (Å²) in [6.07, 6.45) is 0.939. The van der Waals surface area contributed by atoms with Crippen LogP contribution in [0.2, 0.25) is 0 Å². The molecule has 4 nitrogen and oxygen atoms in total. The summed E-state index contributed by atoms with van der Waals surface area (Å²) in [4.78, 5) is 17.0. The summed E-state index contributed by atoms with van der Waals surface area (Å²) in [5, 5.41) is 11.4. The van der Waals surface area contributed by atoms with Crippen molar-refractivity contribution in [3.8, 4) is 0 Å².